The minimum absolute atomic E-state index is 0.0890. The van der Waals surface area contributed by atoms with Crippen molar-refractivity contribution in [1.82, 2.24) is 5.32 Å². The maximum Gasteiger partial charge on any atom is 0.319 e. The molecule has 3 N–H and O–H groups in total. The minimum Gasteiger partial charge on any atom is -0.495 e. The Bertz CT molecular complexity index is 722. The molecule has 0 spiro atoms. The third kappa shape index (κ3) is 5.91. The number of amides is 2. The molecule has 2 aromatic rings. The first kappa shape index (κ1) is 20.0. The van der Waals surface area contributed by atoms with Crippen LogP contribution in [-0.2, 0) is 4.74 Å². The molecule has 6 nitrogen and oxygen atoms in total. The number of carbonyl (C=O) groups is 1. The molecule has 1 unspecified atom stereocenters. The lowest BCUT2D eigenvalue weighted by Gasteiger charge is -2.19. The fourth-order valence-electron chi connectivity index (χ4n) is 2.38. The summed E-state index contributed by atoms with van der Waals surface area (Å²) in [5, 5.41) is 15.0. The first-order valence-electron chi connectivity index (χ1n) is 8.21. The number of urea groups is 1. The molecule has 0 aliphatic rings. The quantitative estimate of drug-likeness (QED) is 0.656. The minimum atomic E-state index is -0.407. The topological polar surface area (TPSA) is 79.8 Å². The molecule has 2 rings (SSSR count). The van der Waals surface area contributed by atoms with E-state index in [1.54, 1.807) is 18.2 Å². The van der Waals surface area contributed by atoms with E-state index in [0.717, 1.165) is 11.1 Å². The summed E-state index contributed by atoms with van der Waals surface area (Å²) in [5.74, 6) is 0.510. The van der Waals surface area contributed by atoms with Crippen molar-refractivity contribution in [2.75, 3.05) is 32.2 Å². The van der Waals surface area contributed by atoms with Crippen molar-refractivity contribution in [3.05, 3.63) is 58.6 Å². The number of hydrogen-bond donors (Lipinski definition) is 3. The smallest absolute Gasteiger partial charge is 0.319 e. The number of rotatable bonds is 8. The molecule has 0 heterocycles. The number of aryl methyl sites for hydroxylation is 1. The van der Waals surface area contributed by atoms with Crippen LogP contribution >= 0.6 is 11.6 Å². The predicted molar refractivity (Wildman–Crippen MR) is 102 cm³/mol. The molecule has 0 saturated carbocycles. The number of methoxy groups -OCH3 is 1. The largest absolute Gasteiger partial charge is 0.495 e. The molecular weight excluding hydrogens is 356 g/mol. The monoisotopic (exact) mass is 378 g/mol. The first-order chi connectivity index (χ1) is 12.5. The Morgan fingerprint density at radius 2 is 1.96 bits per heavy atom. The SMILES string of the molecule is COc1ccc(Cl)cc1NC(=O)NCC(OCCO)c1ccc(C)cc1. The van der Waals surface area contributed by atoms with Gasteiger partial charge in [-0.2, -0.15) is 0 Å². The third-order valence-electron chi connectivity index (χ3n) is 3.72. The Hall–Kier alpha value is -2.28. The van der Waals surface area contributed by atoms with Crippen molar-refractivity contribution in [2.45, 2.75) is 13.0 Å². The summed E-state index contributed by atoms with van der Waals surface area (Å²) in [5.41, 5.74) is 2.53. The van der Waals surface area contributed by atoms with Gasteiger partial charge in [-0.05, 0) is 30.7 Å². The summed E-state index contributed by atoms with van der Waals surface area (Å²) >= 11 is 5.96. The third-order valence-corrected chi connectivity index (χ3v) is 3.95. The number of halogens is 1. The van der Waals surface area contributed by atoms with E-state index in [4.69, 9.17) is 26.2 Å². The van der Waals surface area contributed by atoms with Crippen LogP contribution in [0.3, 0.4) is 0 Å². The van der Waals surface area contributed by atoms with Crippen molar-refractivity contribution in [3.8, 4) is 5.75 Å². The second-order valence-electron chi connectivity index (χ2n) is 5.67. The predicted octanol–water partition coefficient (Wildman–Crippen LogP) is 3.53. The zero-order valence-corrected chi connectivity index (χ0v) is 15.5. The highest BCUT2D eigenvalue weighted by Crippen LogP contribution is 2.27. The van der Waals surface area contributed by atoms with Gasteiger partial charge >= 0.3 is 6.03 Å². The maximum absolute atomic E-state index is 12.2. The van der Waals surface area contributed by atoms with E-state index in [2.05, 4.69) is 10.6 Å². The van der Waals surface area contributed by atoms with Gasteiger partial charge in [0.1, 0.15) is 5.75 Å². The number of aliphatic hydroxyl groups excluding tert-OH is 1. The molecule has 140 valence electrons. The molecule has 26 heavy (non-hydrogen) atoms. The van der Waals surface area contributed by atoms with Gasteiger partial charge in [0.15, 0.2) is 0 Å². The molecule has 2 amide bonds. The fraction of sp³-hybridized carbons (Fsp3) is 0.316. The maximum atomic E-state index is 12.2. The Labute approximate surface area is 158 Å². The van der Waals surface area contributed by atoms with Crippen molar-refractivity contribution < 1.29 is 19.4 Å². The van der Waals surface area contributed by atoms with Crippen LogP contribution in [0.15, 0.2) is 42.5 Å². The number of benzene rings is 2. The van der Waals surface area contributed by atoms with Gasteiger partial charge in [-0.15, -0.1) is 0 Å². The Morgan fingerprint density at radius 1 is 1.23 bits per heavy atom. The van der Waals surface area contributed by atoms with Crippen LogP contribution in [0.4, 0.5) is 10.5 Å². The number of anilines is 1. The molecule has 0 radical (unpaired) electrons. The summed E-state index contributed by atoms with van der Waals surface area (Å²) < 4.78 is 10.9. The van der Waals surface area contributed by atoms with Gasteiger partial charge in [-0.3, -0.25) is 0 Å². The average Bonchev–Trinajstić information content (AvgIpc) is 2.63. The number of nitrogens with one attached hydrogen (secondary N) is 2. The van der Waals surface area contributed by atoms with Gasteiger partial charge in [0.2, 0.25) is 0 Å². The van der Waals surface area contributed by atoms with Gasteiger partial charge in [0.25, 0.3) is 0 Å². The van der Waals surface area contributed by atoms with E-state index in [1.165, 1.54) is 7.11 Å². The van der Waals surface area contributed by atoms with Crippen LogP contribution in [0.1, 0.15) is 17.2 Å². The molecule has 0 aromatic heterocycles. The number of carbonyl (C=O) groups excluding carboxylic acids is 1. The van der Waals surface area contributed by atoms with E-state index >= 15 is 0 Å². The number of hydrogen-bond acceptors (Lipinski definition) is 4. The lowest BCUT2D eigenvalue weighted by molar-refractivity contribution is 0.0297. The lowest BCUT2D eigenvalue weighted by Crippen LogP contribution is -2.33. The van der Waals surface area contributed by atoms with E-state index < -0.39 is 6.03 Å². The second-order valence-corrected chi connectivity index (χ2v) is 6.11. The van der Waals surface area contributed by atoms with Gasteiger partial charge in [0.05, 0.1) is 32.1 Å². The zero-order valence-electron chi connectivity index (χ0n) is 14.8. The highest BCUT2D eigenvalue weighted by molar-refractivity contribution is 6.31. The van der Waals surface area contributed by atoms with Crippen LogP contribution in [0.2, 0.25) is 5.02 Å². The fourth-order valence-corrected chi connectivity index (χ4v) is 2.55. The summed E-state index contributed by atoms with van der Waals surface area (Å²) in [6, 6.07) is 12.4. The Balaban J connectivity index is 2.00. The molecule has 0 saturated heterocycles. The van der Waals surface area contributed by atoms with Gasteiger partial charge in [-0.1, -0.05) is 41.4 Å². The summed E-state index contributed by atoms with van der Waals surface area (Å²) in [6.07, 6.45) is -0.366. The van der Waals surface area contributed by atoms with Crippen LogP contribution in [0.25, 0.3) is 0 Å². The number of aliphatic hydroxyl groups is 1. The van der Waals surface area contributed by atoms with E-state index in [9.17, 15) is 4.79 Å². The Morgan fingerprint density at radius 3 is 2.62 bits per heavy atom. The highest BCUT2D eigenvalue weighted by Gasteiger charge is 2.14. The molecule has 7 heteroatoms. The van der Waals surface area contributed by atoms with Crippen molar-refractivity contribution >= 4 is 23.3 Å². The lowest BCUT2D eigenvalue weighted by atomic mass is 10.1. The summed E-state index contributed by atoms with van der Waals surface area (Å²) in [4.78, 5) is 12.2. The molecule has 0 fully saturated rings. The van der Waals surface area contributed by atoms with Gasteiger partial charge in [-0.25, -0.2) is 4.79 Å². The molecule has 1 atom stereocenters. The molecule has 2 aromatic carbocycles. The molecule has 0 aliphatic carbocycles. The summed E-state index contributed by atoms with van der Waals surface area (Å²) in [6.45, 7) is 2.34. The molecular formula is C19H23ClN2O4. The van der Waals surface area contributed by atoms with E-state index in [0.29, 0.717) is 16.5 Å². The van der Waals surface area contributed by atoms with Gasteiger partial charge < -0.3 is 25.2 Å². The average molecular weight is 379 g/mol. The molecule has 0 aliphatic heterocycles. The van der Waals surface area contributed by atoms with Crippen molar-refractivity contribution in [3.63, 3.8) is 0 Å². The van der Waals surface area contributed by atoms with Crippen molar-refractivity contribution in [2.24, 2.45) is 0 Å². The molecule has 0 bridgehead atoms. The van der Waals surface area contributed by atoms with Gasteiger partial charge in [0, 0.05) is 11.6 Å². The number of ether oxygens (including phenoxy) is 2. The standard InChI is InChI=1S/C19H23ClN2O4/c1-13-3-5-14(6-4-13)18(26-10-9-23)12-21-19(24)22-16-11-15(20)7-8-17(16)25-2/h3-8,11,18,23H,9-10,12H2,1-2H3,(H2,21,22,24). The second kappa shape index (κ2) is 10.0. The first-order valence-corrected chi connectivity index (χ1v) is 8.58. The normalized spacial score (nSPS) is 11.7. The van der Waals surface area contributed by atoms with Crippen LogP contribution in [-0.4, -0.2) is 38.0 Å². The highest BCUT2D eigenvalue weighted by atomic mass is 35.5. The van der Waals surface area contributed by atoms with Crippen LogP contribution < -0.4 is 15.4 Å². The van der Waals surface area contributed by atoms with E-state index in [-0.39, 0.29) is 25.9 Å². The summed E-state index contributed by atoms with van der Waals surface area (Å²) in [7, 11) is 1.52. The van der Waals surface area contributed by atoms with Crippen molar-refractivity contribution in [1.29, 1.82) is 0 Å². The van der Waals surface area contributed by atoms with E-state index in [1.807, 2.05) is 31.2 Å². The Kier molecular flexibility index (Phi) is 7.72. The van der Waals surface area contributed by atoms with Crippen LogP contribution in [0.5, 0.6) is 5.75 Å². The zero-order chi connectivity index (χ0) is 18.9. The van der Waals surface area contributed by atoms with Crippen LogP contribution in [0, 0.1) is 6.92 Å².